The van der Waals surface area contributed by atoms with Gasteiger partial charge < -0.3 is 5.32 Å². The molecule has 0 radical (unpaired) electrons. The lowest BCUT2D eigenvalue weighted by Crippen LogP contribution is -2.26. The summed E-state index contributed by atoms with van der Waals surface area (Å²) >= 11 is 3.20. The molecule has 0 aliphatic rings. The average molecular weight is 439 g/mol. The topological polar surface area (TPSA) is 59.3 Å². The molecule has 1 unspecified atom stereocenters. The molecule has 0 saturated heterocycles. The Balaban J connectivity index is 1.65. The van der Waals surface area contributed by atoms with Crippen molar-refractivity contribution in [3.05, 3.63) is 52.7 Å². The third-order valence-electron chi connectivity index (χ3n) is 5.42. The van der Waals surface area contributed by atoms with Crippen molar-refractivity contribution in [3.63, 3.8) is 0 Å². The van der Waals surface area contributed by atoms with E-state index >= 15 is 0 Å². The fourth-order valence-corrected chi connectivity index (χ4v) is 5.56. The van der Waals surface area contributed by atoms with Crippen LogP contribution in [0.5, 0.6) is 0 Å². The van der Waals surface area contributed by atoms with E-state index in [1.165, 1.54) is 27.6 Å². The fraction of sp³-hybridized carbons (Fsp3) is 0.348. The van der Waals surface area contributed by atoms with Gasteiger partial charge in [0.05, 0.1) is 21.0 Å². The predicted molar refractivity (Wildman–Crippen MR) is 127 cm³/mol. The number of amides is 1. The fourth-order valence-electron chi connectivity index (χ4n) is 3.79. The van der Waals surface area contributed by atoms with E-state index in [9.17, 15) is 4.79 Å². The van der Waals surface area contributed by atoms with E-state index in [-0.39, 0.29) is 11.2 Å². The molecular weight excluding hydrogens is 412 g/mol. The Morgan fingerprint density at radius 3 is 2.53 bits per heavy atom. The molecule has 1 atom stereocenters. The van der Waals surface area contributed by atoms with Crippen molar-refractivity contribution in [2.24, 2.45) is 0 Å². The molecule has 5 nitrogen and oxygen atoms in total. The molecule has 1 N–H and O–H groups in total. The number of benzene rings is 1. The number of carbonyl (C=O) groups excluding carboxylic acids is 1. The number of nitrogens with zero attached hydrogens (tertiary/aromatic N) is 3. The normalized spacial score (nSPS) is 12.5. The first-order valence-corrected chi connectivity index (χ1v) is 12.1. The van der Waals surface area contributed by atoms with Gasteiger partial charge in [-0.25, -0.2) is 0 Å². The summed E-state index contributed by atoms with van der Waals surface area (Å²) in [6, 6.07) is 10.5. The second-order valence-corrected chi connectivity index (χ2v) is 9.39. The summed E-state index contributed by atoms with van der Waals surface area (Å²) in [7, 11) is 0. The maximum atomic E-state index is 13.2. The lowest BCUT2D eigenvalue weighted by molar-refractivity contribution is -0.115. The molecule has 30 heavy (non-hydrogen) atoms. The van der Waals surface area contributed by atoms with Crippen LogP contribution in [0.3, 0.4) is 0 Å². The minimum absolute atomic E-state index is 0.0204. The van der Waals surface area contributed by atoms with Crippen LogP contribution in [0.2, 0.25) is 0 Å². The molecule has 4 rings (SSSR count). The third-order valence-corrected chi connectivity index (χ3v) is 7.61. The Morgan fingerprint density at radius 2 is 1.87 bits per heavy atom. The van der Waals surface area contributed by atoms with Gasteiger partial charge >= 0.3 is 0 Å². The molecule has 1 amide bonds. The van der Waals surface area contributed by atoms with E-state index in [1.807, 2.05) is 13.8 Å². The van der Waals surface area contributed by atoms with E-state index in [0.29, 0.717) is 6.42 Å². The molecule has 1 aromatic carbocycles. The van der Waals surface area contributed by atoms with E-state index in [2.05, 4.69) is 69.5 Å². The van der Waals surface area contributed by atoms with Crippen LogP contribution in [0.1, 0.15) is 44.1 Å². The Hall–Kier alpha value is -2.38. The number of anilines is 1. The van der Waals surface area contributed by atoms with Crippen LogP contribution in [-0.4, -0.2) is 25.8 Å². The van der Waals surface area contributed by atoms with Crippen molar-refractivity contribution < 1.29 is 4.79 Å². The van der Waals surface area contributed by atoms with Gasteiger partial charge in [-0.2, -0.15) is 0 Å². The van der Waals surface area contributed by atoms with Gasteiger partial charge in [-0.1, -0.05) is 50.7 Å². The van der Waals surface area contributed by atoms with Crippen molar-refractivity contribution in [1.29, 1.82) is 0 Å². The summed E-state index contributed by atoms with van der Waals surface area (Å²) in [5.41, 5.74) is 5.48. The smallest absolute Gasteiger partial charge is 0.237 e. The van der Waals surface area contributed by atoms with Crippen molar-refractivity contribution in [2.75, 3.05) is 5.32 Å². The highest BCUT2D eigenvalue weighted by atomic mass is 32.2. The quantitative estimate of drug-likeness (QED) is 0.366. The molecule has 3 heterocycles. The lowest BCUT2D eigenvalue weighted by atomic mass is 10.0. The lowest BCUT2D eigenvalue weighted by Gasteiger charge is -2.18. The van der Waals surface area contributed by atoms with Gasteiger partial charge in [0.1, 0.15) is 10.9 Å². The Kier molecular flexibility index (Phi) is 6.11. The summed E-state index contributed by atoms with van der Waals surface area (Å²) in [5, 5.41) is 14.7. The van der Waals surface area contributed by atoms with Gasteiger partial charge in [-0.05, 0) is 54.8 Å². The van der Waals surface area contributed by atoms with Crippen LogP contribution in [-0.2, 0) is 17.6 Å². The number of aromatic nitrogens is 3. The summed E-state index contributed by atoms with van der Waals surface area (Å²) in [6.07, 6.45) is 2.49. The van der Waals surface area contributed by atoms with Gasteiger partial charge in [0.25, 0.3) is 0 Å². The number of hydrogen-bond acceptors (Lipinski definition) is 5. The molecule has 4 aromatic rings. The number of rotatable bonds is 7. The minimum atomic E-state index is -0.242. The largest absolute Gasteiger partial charge is 0.325 e. The molecule has 7 heteroatoms. The van der Waals surface area contributed by atoms with Crippen LogP contribution in [0.15, 0.2) is 40.7 Å². The molecule has 0 aliphatic carbocycles. The first-order valence-electron chi connectivity index (χ1n) is 10.4. The average Bonchev–Trinajstić information content (AvgIpc) is 3.35. The standard InChI is InChI=1S/C23H26N4OS2/c1-5-15-9-8-10-16(6-2)21(15)24-22(28)19(7-3)30-23-18-13-20-17(11-12-29-20)27(18)14(4)25-26-23/h8-13,19H,5-7H2,1-4H3,(H,24,28). The number of carbonyl (C=O) groups is 1. The Labute approximate surface area is 184 Å². The monoisotopic (exact) mass is 438 g/mol. The molecule has 0 saturated carbocycles. The van der Waals surface area contributed by atoms with Gasteiger partial charge in [0.2, 0.25) is 5.91 Å². The molecule has 0 fully saturated rings. The van der Waals surface area contributed by atoms with Crippen LogP contribution < -0.4 is 5.32 Å². The SMILES string of the molecule is CCc1cccc(CC)c1NC(=O)C(CC)Sc1nnc(C)n2c1cc1sccc12. The number of thiophene rings is 1. The second kappa shape index (κ2) is 8.78. The second-order valence-electron chi connectivity index (χ2n) is 7.25. The zero-order valence-electron chi connectivity index (χ0n) is 17.7. The van der Waals surface area contributed by atoms with Gasteiger partial charge in [0.15, 0.2) is 0 Å². The van der Waals surface area contributed by atoms with E-state index in [0.717, 1.165) is 40.4 Å². The molecule has 0 bridgehead atoms. The van der Waals surface area contributed by atoms with Crippen LogP contribution in [0.4, 0.5) is 5.69 Å². The minimum Gasteiger partial charge on any atom is -0.325 e. The van der Waals surface area contributed by atoms with Gasteiger partial charge in [0, 0.05) is 5.69 Å². The summed E-state index contributed by atoms with van der Waals surface area (Å²) < 4.78 is 3.34. The number of aryl methyl sites for hydroxylation is 3. The Bertz CT molecular complexity index is 1190. The highest BCUT2D eigenvalue weighted by Crippen LogP contribution is 2.34. The van der Waals surface area contributed by atoms with Crippen LogP contribution in [0.25, 0.3) is 15.7 Å². The highest BCUT2D eigenvalue weighted by Gasteiger charge is 2.23. The van der Waals surface area contributed by atoms with Gasteiger partial charge in [-0.15, -0.1) is 21.5 Å². The first kappa shape index (κ1) is 20.9. The van der Waals surface area contributed by atoms with Crippen LogP contribution >= 0.6 is 23.1 Å². The third kappa shape index (κ3) is 3.72. The van der Waals surface area contributed by atoms with Crippen molar-refractivity contribution in [1.82, 2.24) is 14.6 Å². The Morgan fingerprint density at radius 1 is 1.13 bits per heavy atom. The maximum Gasteiger partial charge on any atom is 0.237 e. The first-order chi connectivity index (χ1) is 14.6. The van der Waals surface area contributed by atoms with Gasteiger partial charge in [-0.3, -0.25) is 9.20 Å². The summed E-state index contributed by atoms with van der Waals surface area (Å²) in [4.78, 5) is 13.2. The molecule has 0 aliphatic heterocycles. The van der Waals surface area contributed by atoms with Crippen molar-refractivity contribution in [3.8, 4) is 0 Å². The van der Waals surface area contributed by atoms with Crippen molar-refractivity contribution >= 4 is 50.4 Å². The number of para-hydroxylation sites is 1. The summed E-state index contributed by atoms with van der Waals surface area (Å²) in [5.74, 6) is 0.872. The zero-order valence-corrected chi connectivity index (χ0v) is 19.4. The predicted octanol–water partition coefficient (Wildman–Crippen LogP) is 5.89. The molecule has 156 valence electrons. The molecule has 0 spiro atoms. The van der Waals surface area contributed by atoms with Crippen molar-refractivity contribution in [2.45, 2.75) is 57.2 Å². The number of fused-ring (bicyclic) bond motifs is 3. The highest BCUT2D eigenvalue weighted by molar-refractivity contribution is 8.00. The molecular formula is C23H26N4OS2. The number of nitrogens with one attached hydrogen (secondary N) is 1. The van der Waals surface area contributed by atoms with E-state index in [1.54, 1.807) is 11.3 Å². The zero-order chi connectivity index (χ0) is 21.3. The number of hydrogen-bond donors (Lipinski definition) is 1. The van der Waals surface area contributed by atoms with Crippen LogP contribution in [0, 0.1) is 6.92 Å². The summed E-state index contributed by atoms with van der Waals surface area (Å²) in [6.45, 7) is 8.24. The number of thioether (sulfide) groups is 1. The maximum absolute atomic E-state index is 13.2. The van der Waals surface area contributed by atoms with E-state index in [4.69, 9.17) is 0 Å². The van der Waals surface area contributed by atoms with E-state index < -0.39 is 0 Å². The molecule has 3 aromatic heterocycles.